The summed E-state index contributed by atoms with van der Waals surface area (Å²) in [6.07, 6.45) is 1.33. The van der Waals surface area contributed by atoms with Crippen molar-refractivity contribution >= 4 is 11.9 Å². The van der Waals surface area contributed by atoms with Gasteiger partial charge in [0, 0.05) is 19.4 Å². The Balaban J connectivity index is 3.16. The van der Waals surface area contributed by atoms with Crippen LogP contribution in [0.15, 0.2) is 0 Å². The molecule has 0 fully saturated rings. The molecule has 0 aliphatic carbocycles. The molecule has 0 aliphatic rings. The van der Waals surface area contributed by atoms with Crippen LogP contribution in [0.3, 0.4) is 0 Å². The third kappa shape index (κ3) is 18.8. The molecule has 0 bridgehead atoms. The van der Waals surface area contributed by atoms with Gasteiger partial charge in [0.1, 0.15) is 6.61 Å². The van der Waals surface area contributed by atoms with E-state index in [-0.39, 0.29) is 25.4 Å². The van der Waals surface area contributed by atoms with E-state index in [1.54, 1.807) is 0 Å². The lowest BCUT2D eigenvalue weighted by molar-refractivity contribution is -0.146. The average Bonchev–Trinajstić information content (AvgIpc) is 2.52. The summed E-state index contributed by atoms with van der Waals surface area (Å²) in [6.45, 7) is 4.11. The molecular weight excluding hydrogens is 318 g/mol. The van der Waals surface area contributed by atoms with Crippen LogP contribution in [0.1, 0.15) is 25.7 Å². The molecule has 8 nitrogen and oxygen atoms in total. The van der Waals surface area contributed by atoms with Crippen LogP contribution in [-0.4, -0.2) is 88.8 Å². The largest absolute Gasteiger partial charge is 0.481 e. The number of carboxylic acid groups (broad SMARTS) is 1. The maximum atomic E-state index is 11.3. The number of hydrogen-bond donors (Lipinski definition) is 1. The number of carbonyl (C=O) groups excluding carboxylic acids is 1. The van der Waals surface area contributed by atoms with Crippen molar-refractivity contribution in [3.05, 3.63) is 0 Å². The van der Waals surface area contributed by atoms with Crippen molar-refractivity contribution in [2.75, 3.05) is 66.9 Å². The lowest BCUT2D eigenvalue weighted by Crippen LogP contribution is -2.19. The van der Waals surface area contributed by atoms with Crippen LogP contribution in [0.4, 0.5) is 0 Å². The van der Waals surface area contributed by atoms with Gasteiger partial charge in [-0.2, -0.15) is 0 Å². The van der Waals surface area contributed by atoms with Gasteiger partial charge in [-0.05, 0) is 26.9 Å². The fourth-order valence-electron chi connectivity index (χ4n) is 1.62. The number of aliphatic carboxylic acids is 1. The predicted molar refractivity (Wildman–Crippen MR) is 88.1 cm³/mol. The molecule has 0 radical (unpaired) electrons. The number of carboxylic acids is 1. The lowest BCUT2D eigenvalue weighted by Gasteiger charge is -2.10. The molecule has 0 aromatic carbocycles. The van der Waals surface area contributed by atoms with Crippen molar-refractivity contribution < 1.29 is 33.6 Å². The van der Waals surface area contributed by atoms with Crippen molar-refractivity contribution in [2.24, 2.45) is 0 Å². The summed E-state index contributed by atoms with van der Waals surface area (Å²) in [6, 6.07) is 0. The Kier molecular flexibility index (Phi) is 15.8. The van der Waals surface area contributed by atoms with Crippen molar-refractivity contribution in [2.45, 2.75) is 25.7 Å². The molecule has 0 aliphatic heterocycles. The highest BCUT2D eigenvalue weighted by atomic mass is 16.6. The zero-order chi connectivity index (χ0) is 18.0. The maximum absolute atomic E-state index is 11.3. The van der Waals surface area contributed by atoms with Gasteiger partial charge in [0.25, 0.3) is 0 Å². The van der Waals surface area contributed by atoms with Crippen molar-refractivity contribution in [1.82, 2.24) is 4.90 Å². The van der Waals surface area contributed by atoms with Gasteiger partial charge in [0.05, 0.1) is 39.6 Å². The third-order valence-corrected chi connectivity index (χ3v) is 2.94. The molecule has 1 N–H and O–H groups in total. The van der Waals surface area contributed by atoms with Crippen molar-refractivity contribution in [3.63, 3.8) is 0 Å². The number of likely N-dealkylation sites (N-methyl/N-ethyl adjacent to an activating group) is 1. The fourth-order valence-corrected chi connectivity index (χ4v) is 1.62. The lowest BCUT2D eigenvalue weighted by atomic mass is 10.2. The van der Waals surface area contributed by atoms with Crippen LogP contribution in [-0.2, 0) is 28.5 Å². The van der Waals surface area contributed by atoms with E-state index < -0.39 is 5.97 Å². The molecule has 0 atom stereocenters. The van der Waals surface area contributed by atoms with Crippen molar-refractivity contribution in [1.29, 1.82) is 0 Å². The van der Waals surface area contributed by atoms with Gasteiger partial charge in [0.15, 0.2) is 0 Å². The van der Waals surface area contributed by atoms with Gasteiger partial charge in [-0.1, -0.05) is 0 Å². The van der Waals surface area contributed by atoms with Crippen molar-refractivity contribution in [3.8, 4) is 0 Å². The Hall–Kier alpha value is -1.22. The molecule has 0 amide bonds. The van der Waals surface area contributed by atoms with E-state index in [1.807, 2.05) is 14.1 Å². The van der Waals surface area contributed by atoms with Gasteiger partial charge in [-0.25, -0.2) is 0 Å². The first-order valence-electron chi connectivity index (χ1n) is 8.27. The predicted octanol–water partition coefficient (Wildman–Crippen LogP) is 0.786. The second-order valence-electron chi connectivity index (χ2n) is 5.46. The first-order chi connectivity index (χ1) is 11.5. The maximum Gasteiger partial charge on any atom is 0.305 e. The van der Waals surface area contributed by atoms with E-state index in [4.69, 9.17) is 24.1 Å². The Morgan fingerprint density at radius 2 is 1.29 bits per heavy atom. The van der Waals surface area contributed by atoms with E-state index in [1.165, 1.54) is 0 Å². The fraction of sp³-hybridized carbons (Fsp3) is 0.875. The van der Waals surface area contributed by atoms with E-state index in [2.05, 4.69) is 4.90 Å². The van der Waals surface area contributed by atoms with Crippen LogP contribution in [0.2, 0.25) is 0 Å². The number of nitrogens with zero attached hydrogens (tertiary/aromatic N) is 1. The molecular formula is C16H31NO7. The minimum atomic E-state index is -0.848. The molecule has 0 heterocycles. The number of unbranched alkanes of at least 4 members (excludes halogenated alkanes) is 1. The molecule has 0 unspecified atom stereocenters. The Morgan fingerprint density at radius 1 is 0.792 bits per heavy atom. The van der Waals surface area contributed by atoms with Crippen LogP contribution in [0, 0.1) is 0 Å². The summed E-state index contributed by atoms with van der Waals surface area (Å²) >= 11 is 0. The summed E-state index contributed by atoms with van der Waals surface area (Å²) in [5.41, 5.74) is 0. The topological polar surface area (TPSA) is 94.5 Å². The molecule has 0 rings (SSSR count). The zero-order valence-electron chi connectivity index (χ0n) is 14.8. The molecule has 0 aromatic heterocycles. The summed E-state index contributed by atoms with van der Waals surface area (Å²) in [5.74, 6) is -1.17. The van der Waals surface area contributed by atoms with E-state index in [0.717, 1.165) is 6.54 Å². The Labute approximate surface area is 144 Å². The summed E-state index contributed by atoms with van der Waals surface area (Å²) < 4.78 is 20.9. The van der Waals surface area contributed by atoms with Crippen LogP contribution in [0.5, 0.6) is 0 Å². The molecule has 8 heteroatoms. The average molecular weight is 349 g/mol. The number of ether oxygens (including phenoxy) is 4. The molecule has 0 saturated heterocycles. The van der Waals surface area contributed by atoms with Gasteiger partial charge < -0.3 is 29.0 Å². The summed E-state index contributed by atoms with van der Waals surface area (Å²) in [5, 5.41) is 8.46. The number of carbonyl (C=O) groups is 2. The highest BCUT2D eigenvalue weighted by Crippen LogP contribution is 2.01. The van der Waals surface area contributed by atoms with Crippen LogP contribution in [0.25, 0.3) is 0 Å². The second kappa shape index (κ2) is 16.6. The Morgan fingerprint density at radius 3 is 1.83 bits per heavy atom. The normalized spacial score (nSPS) is 11.0. The minimum absolute atomic E-state index is 0.0804. The Bertz CT molecular complexity index is 324. The summed E-state index contributed by atoms with van der Waals surface area (Å²) in [4.78, 5) is 23.7. The molecule has 0 aromatic rings. The monoisotopic (exact) mass is 349 g/mol. The number of hydrogen-bond acceptors (Lipinski definition) is 7. The third-order valence-electron chi connectivity index (χ3n) is 2.94. The smallest absolute Gasteiger partial charge is 0.305 e. The molecule has 142 valence electrons. The quantitative estimate of drug-likeness (QED) is 0.304. The standard InChI is InChI=1S/C16H31NO7/c1-17(2)7-8-21-9-10-22-11-12-23-13-14-24-16(20)6-4-3-5-15(18)19/h3-14H2,1-2H3,(H,18,19). The second-order valence-corrected chi connectivity index (χ2v) is 5.46. The van der Waals surface area contributed by atoms with Gasteiger partial charge in [-0.3, -0.25) is 9.59 Å². The highest BCUT2D eigenvalue weighted by Gasteiger charge is 2.04. The van der Waals surface area contributed by atoms with Gasteiger partial charge >= 0.3 is 11.9 Å². The van der Waals surface area contributed by atoms with E-state index in [9.17, 15) is 9.59 Å². The zero-order valence-corrected chi connectivity index (χ0v) is 14.8. The van der Waals surface area contributed by atoms with E-state index >= 15 is 0 Å². The minimum Gasteiger partial charge on any atom is -0.481 e. The van der Waals surface area contributed by atoms with Gasteiger partial charge in [0.2, 0.25) is 0 Å². The van der Waals surface area contributed by atoms with E-state index in [0.29, 0.717) is 52.5 Å². The van der Waals surface area contributed by atoms with Gasteiger partial charge in [-0.15, -0.1) is 0 Å². The number of esters is 1. The first-order valence-corrected chi connectivity index (χ1v) is 8.27. The molecule has 0 saturated carbocycles. The summed E-state index contributed by atoms with van der Waals surface area (Å²) in [7, 11) is 3.99. The highest BCUT2D eigenvalue weighted by molar-refractivity contribution is 5.69. The first kappa shape index (κ1) is 22.8. The van der Waals surface area contributed by atoms with Crippen LogP contribution < -0.4 is 0 Å². The SMILES string of the molecule is CN(C)CCOCCOCCOCCOC(=O)CCCCC(=O)O. The molecule has 24 heavy (non-hydrogen) atoms. The molecule has 0 spiro atoms. The number of rotatable bonds is 17. The van der Waals surface area contributed by atoms with Crippen LogP contribution >= 0.6 is 0 Å².